The van der Waals surface area contributed by atoms with E-state index < -0.39 is 12.6 Å². The van der Waals surface area contributed by atoms with E-state index in [-0.39, 0.29) is 18.4 Å². The van der Waals surface area contributed by atoms with Gasteiger partial charge in [-0.1, -0.05) is 12.1 Å². The molecular weight excluding hydrogens is 766 g/mol. The number of anilines is 1. The molecule has 252 valence electrons. The van der Waals surface area contributed by atoms with E-state index in [4.69, 9.17) is 10.2 Å². The van der Waals surface area contributed by atoms with E-state index in [0.717, 1.165) is 31.6 Å². The molecule has 0 saturated carbocycles. The Morgan fingerprint density at radius 3 is 2.53 bits per heavy atom. The molecule has 0 atom stereocenters. The number of likely N-dealkylation sites (tertiary alicyclic amines) is 1. The molecule has 0 unspecified atom stereocenters. The highest BCUT2D eigenvalue weighted by molar-refractivity contribution is 14.1. The van der Waals surface area contributed by atoms with Crippen LogP contribution in [0.1, 0.15) is 46.2 Å². The van der Waals surface area contributed by atoms with Crippen molar-refractivity contribution >= 4 is 51.3 Å². The van der Waals surface area contributed by atoms with Crippen LogP contribution >= 0.6 is 33.9 Å². The number of hydrogen-bond acceptors (Lipinski definition) is 8. The molecular formula is C34H31F3IN9OS. The molecule has 6 aromatic rings. The number of halogens is 4. The number of hydrogen-bond donors (Lipinski definition) is 1. The Morgan fingerprint density at radius 1 is 1.04 bits per heavy atom. The SMILES string of the molecule is Cc1nc(-c2cccnc2)sc1C(=O)Nc1cn2nc(-c3c(-c4ccc(I)cc4)nn(C)c3C3CCN(CCC(F)(F)F)CC3)ccc2n1. The first kappa shape index (κ1) is 33.3. The predicted molar refractivity (Wildman–Crippen MR) is 190 cm³/mol. The molecule has 7 rings (SSSR count). The third kappa shape index (κ3) is 7.23. The van der Waals surface area contributed by atoms with Gasteiger partial charge in [0.2, 0.25) is 0 Å². The number of carbonyl (C=O) groups is 1. The molecule has 1 aliphatic heterocycles. The van der Waals surface area contributed by atoms with Crippen LogP contribution in [0, 0.1) is 10.5 Å². The van der Waals surface area contributed by atoms with Crippen LogP contribution in [-0.4, -0.2) is 71.0 Å². The molecule has 1 aliphatic rings. The summed E-state index contributed by atoms with van der Waals surface area (Å²) in [5.41, 5.74) is 6.27. The molecule has 1 aromatic carbocycles. The van der Waals surface area contributed by atoms with Crippen molar-refractivity contribution in [3.8, 4) is 33.1 Å². The highest BCUT2D eigenvalue weighted by atomic mass is 127. The highest BCUT2D eigenvalue weighted by Gasteiger charge is 2.32. The lowest BCUT2D eigenvalue weighted by atomic mass is 9.88. The molecule has 6 heterocycles. The Labute approximate surface area is 297 Å². The predicted octanol–water partition coefficient (Wildman–Crippen LogP) is 7.61. The molecule has 1 saturated heterocycles. The van der Waals surface area contributed by atoms with E-state index in [9.17, 15) is 18.0 Å². The van der Waals surface area contributed by atoms with Gasteiger partial charge in [-0.2, -0.15) is 23.4 Å². The van der Waals surface area contributed by atoms with Gasteiger partial charge in [0.15, 0.2) is 11.5 Å². The number of carbonyl (C=O) groups excluding carboxylic acids is 1. The fraction of sp³-hybridized carbons (Fsp3) is 0.294. The average Bonchev–Trinajstić information content (AvgIpc) is 3.78. The Morgan fingerprint density at radius 2 is 1.82 bits per heavy atom. The molecule has 15 heteroatoms. The van der Waals surface area contributed by atoms with Crippen molar-refractivity contribution in [2.24, 2.45) is 7.05 Å². The Kier molecular flexibility index (Phi) is 9.23. The van der Waals surface area contributed by atoms with Crippen LogP contribution < -0.4 is 5.32 Å². The van der Waals surface area contributed by atoms with Gasteiger partial charge in [0, 0.05) is 46.6 Å². The number of amides is 1. The number of piperidine rings is 1. The van der Waals surface area contributed by atoms with Crippen LogP contribution in [-0.2, 0) is 7.05 Å². The first-order valence-electron chi connectivity index (χ1n) is 15.7. The molecule has 1 amide bonds. The van der Waals surface area contributed by atoms with Gasteiger partial charge >= 0.3 is 6.18 Å². The van der Waals surface area contributed by atoms with E-state index in [1.807, 2.05) is 65.2 Å². The number of thiazole rings is 1. The van der Waals surface area contributed by atoms with E-state index in [1.54, 1.807) is 30.0 Å². The first-order valence-corrected chi connectivity index (χ1v) is 17.6. The molecule has 1 N–H and O–H groups in total. The molecule has 0 aliphatic carbocycles. The summed E-state index contributed by atoms with van der Waals surface area (Å²) in [6.07, 6.45) is 1.52. The van der Waals surface area contributed by atoms with Crippen molar-refractivity contribution in [2.45, 2.75) is 38.3 Å². The number of aromatic nitrogens is 7. The summed E-state index contributed by atoms with van der Waals surface area (Å²) in [5.74, 6) is 0.119. The second-order valence-electron chi connectivity index (χ2n) is 12.0. The maximum Gasteiger partial charge on any atom is 0.390 e. The zero-order valence-electron chi connectivity index (χ0n) is 26.6. The molecule has 49 heavy (non-hydrogen) atoms. The van der Waals surface area contributed by atoms with Gasteiger partial charge in [-0.05, 0) is 91.8 Å². The van der Waals surface area contributed by atoms with Crippen molar-refractivity contribution in [1.29, 1.82) is 0 Å². The number of rotatable bonds is 8. The monoisotopic (exact) mass is 797 g/mol. The minimum absolute atomic E-state index is 0.00826. The van der Waals surface area contributed by atoms with Crippen LogP contribution in [0.3, 0.4) is 0 Å². The standard InChI is InChI=1S/C34H31F3IN9OS/c1-20-31(49-33(40-20)23-4-3-14-39-18-23)32(48)42-26-19-47-27(41-26)10-9-25(43-47)28-29(21-5-7-24(38)8-6-21)44-45(2)30(28)22-11-15-46(16-12-22)17-13-34(35,36)37/h3-10,14,18-19,22H,11-13,15-17H2,1-2H3,(H,42,48). The lowest BCUT2D eigenvalue weighted by Crippen LogP contribution is -2.36. The summed E-state index contributed by atoms with van der Waals surface area (Å²) < 4.78 is 43.3. The molecule has 1 fully saturated rings. The average molecular weight is 798 g/mol. The third-order valence-corrected chi connectivity index (χ3v) is 10.5. The number of pyridine rings is 1. The molecule has 0 bridgehead atoms. The van der Waals surface area contributed by atoms with Crippen LogP contribution in [0.4, 0.5) is 19.0 Å². The van der Waals surface area contributed by atoms with Crippen molar-refractivity contribution in [3.05, 3.63) is 87.0 Å². The lowest BCUT2D eigenvalue weighted by molar-refractivity contribution is -0.138. The highest BCUT2D eigenvalue weighted by Crippen LogP contribution is 2.41. The molecule has 0 radical (unpaired) electrons. The van der Waals surface area contributed by atoms with Gasteiger partial charge in [0.1, 0.15) is 15.6 Å². The van der Waals surface area contributed by atoms with Crippen LogP contribution in [0.5, 0.6) is 0 Å². The zero-order chi connectivity index (χ0) is 34.3. The summed E-state index contributed by atoms with van der Waals surface area (Å²) in [6, 6.07) is 15.6. The number of nitrogens with one attached hydrogen (secondary N) is 1. The van der Waals surface area contributed by atoms with Gasteiger partial charge in [0.25, 0.3) is 5.91 Å². The van der Waals surface area contributed by atoms with Gasteiger partial charge in [-0.15, -0.1) is 11.3 Å². The van der Waals surface area contributed by atoms with Crippen molar-refractivity contribution in [2.75, 3.05) is 25.0 Å². The van der Waals surface area contributed by atoms with E-state index in [0.29, 0.717) is 58.7 Å². The number of aryl methyl sites for hydroxylation is 2. The minimum atomic E-state index is -4.17. The fourth-order valence-corrected chi connectivity index (χ4v) is 7.56. The number of alkyl halides is 3. The normalized spacial score (nSPS) is 14.5. The summed E-state index contributed by atoms with van der Waals surface area (Å²) >= 11 is 3.56. The number of benzene rings is 1. The minimum Gasteiger partial charge on any atom is -0.304 e. The maximum absolute atomic E-state index is 13.3. The molecule has 5 aromatic heterocycles. The summed E-state index contributed by atoms with van der Waals surface area (Å²) in [6.45, 7) is 2.95. The quantitative estimate of drug-likeness (QED) is 0.158. The Hall–Kier alpha value is -4.22. The lowest BCUT2D eigenvalue weighted by Gasteiger charge is -2.32. The Bertz CT molecular complexity index is 2120. The smallest absolute Gasteiger partial charge is 0.304 e. The Balaban J connectivity index is 1.19. The zero-order valence-corrected chi connectivity index (χ0v) is 29.6. The number of fused-ring (bicyclic) bond motifs is 1. The van der Waals surface area contributed by atoms with E-state index in [2.05, 4.69) is 42.9 Å². The summed E-state index contributed by atoms with van der Waals surface area (Å²) in [5, 5.41) is 13.5. The van der Waals surface area contributed by atoms with Crippen molar-refractivity contribution < 1.29 is 18.0 Å². The van der Waals surface area contributed by atoms with Crippen LogP contribution in [0.25, 0.3) is 38.7 Å². The van der Waals surface area contributed by atoms with Crippen LogP contribution in [0.2, 0.25) is 0 Å². The van der Waals surface area contributed by atoms with E-state index >= 15 is 0 Å². The summed E-state index contributed by atoms with van der Waals surface area (Å²) in [4.78, 5) is 29.0. The number of nitrogens with zero attached hydrogens (tertiary/aromatic N) is 8. The second kappa shape index (κ2) is 13.6. The topological polar surface area (TPSA) is 106 Å². The number of imidazole rings is 1. The third-order valence-electron chi connectivity index (χ3n) is 8.62. The second-order valence-corrected chi connectivity index (χ2v) is 14.2. The fourth-order valence-electron chi connectivity index (χ4n) is 6.25. The van der Waals surface area contributed by atoms with Crippen LogP contribution in [0.15, 0.2) is 67.1 Å². The molecule has 10 nitrogen and oxygen atoms in total. The van der Waals surface area contributed by atoms with Crippen molar-refractivity contribution in [1.82, 2.24) is 39.2 Å². The van der Waals surface area contributed by atoms with Crippen molar-refractivity contribution in [3.63, 3.8) is 0 Å². The summed E-state index contributed by atoms with van der Waals surface area (Å²) in [7, 11) is 1.91. The largest absolute Gasteiger partial charge is 0.390 e. The molecule has 0 spiro atoms. The first-order chi connectivity index (χ1) is 23.5. The van der Waals surface area contributed by atoms with Gasteiger partial charge in [-0.3, -0.25) is 14.5 Å². The van der Waals surface area contributed by atoms with Gasteiger partial charge < -0.3 is 10.2 Å². The maximum atomic E-state index is 13.3. The van der Waals surface area contributed by atoms with E-state index in [1.165, 1.54) is 11.3 Å². The van der Waals surface area contributed by atoms with Gasteiger partial charge in [0.05, 0.1) is 35.3 Å². The van der Waals surface area contributed by atoms with Gasteiger partial charge in [-0.25, -0.2) is 14.5 Å².